The SMILES string of the molecule is Cl.N[C@@H](c1c(F)cccc1Br)C(F)(F)C(F)(F)F. The summed E-state index contributed by atoms with van der Waals surface area (Å²) in [6.07, 6.45) is -5.84. The smallest absolute Gasteiger partial charge is 0.319 e. The van der Waals surface area contributed by atoms with E-state index >= 15 is 0 Å². The first-order chi connectivity index (χ1) is 7.59. The fourth-order valence-electron chi connectivity index (χ4n) is 1.17. The molecule has 9 heteroatoms. The average Bonchev–Trinajstić information content (AvgIpc) is 2.15. The first-order valence-electron chi connectivity index (χ1n) is 4.23. The monoisotopic (exact) mass is 357 g/mol. The van der Waals surface area contributed by atoms with E-state index in [0.717, 1.165) is 18.2 Å². The molecule has 0 saturated heterocycles. The maximum Gasteiger partial charge on any atom is 0.455 e. The van der Waals surface area contributed by atoms with Gasteiger partial charge in [-0.1, -0.05) is 22.0 Å². The summed E-state index contributed by atoms with van der Waals surface area (Å²) < 4.78 is 75.0. The van der Waals surface area contributed by atoms with E-state index in [1.165, 1.54) is 0 Å². The minimum Gasteiger partial charge on any atom is -0.319 e. The molecule has 1 nitrogen and oxygen atoms in total. The number of hydrogen-bond donors (Lipinski definition) is 1. The van der Waals surface area contributed by atoms with Crippen LogP contribution in [0.3, 0.4) is 0 Å². The lowest BCUT2D eigenvalue weighted by Crippen LogP contribution is -2.46. The van der Waals surface area contributed by atoms with Crippen molar-refractivity contribution in [1.82, 2.24) is 0 Å². The van der Waals surface area contributed by atoms with Crippen LogP contribution in [0.2, 0.25) is 0 Å². The molecule has 104 valence electrons. The number of halogens is 8. The summed E-state index contributed by atoms with van der Waals surface area (Å²) in [4.78, 5) is 0. The predicted octanol–water partition coefficient (Wildman–Crippen LogP) is 4.21. The molecule has 0 heterocycles. The van der Waals surface area contributed by atoms with Gasteiger partial charge in [-0.2, -0.15) is 22.0 Å². The van der Waals surface area contributed by atoms with Crippen molar-refractivity contribution >= 4 is 28.3 Å². The molecule has 0 amide bonds. The molecule has 0 aliphatic carbocycles. The van der Waals surface area contributed by atoms with Crippen molar-refractivity contribution in [2.45, 2.75) is 18.1 Å². The molecule has 0 saturated carbocycles. The van der Waals surface area contributed by atoms with Gasteiger partial charge < -0.3 is 5.73 Å². The number of rotatable bonds is 2. The van der Waals surface area contributed by atoms with Gasteiger partial charge in [-0.15, -0.1) is 12.4 Å². The molecule has 0 aliphatic heterocycles. The minimum absolute atomic E-state index is 0. The van der Waals surface area contributed by atoms with Crippen molar-refractivity contribution in [3.63, 3.8) is 0 Å². The van der Waals surface area contributed by atoms with Gasteiger partial charge in [-0.3, -0.25) is 0 Å². The van der Waals surface area contributed by atoms with Crippen LogP contribution in [-0.4, -0.2) is 12.1 Å². The van der Waals surface area contributed by atoms with Gasteiger partial charge in [0, 0.05) is 10.0 Å². The van der Waals surface area contributed by atoms with Gasteiger partial charge in [0.15, 0.2) is 0 Å². The van der Waals surface area contributed by atoms with Crippen LogP contribution in [-0.2, 0) is 0 Å². The summed E-state index contributed by atoms with van der Waals surface area (Å²) in [5.41, 5.74) is 3.91. The van der Waals surface area contributed by atoms with Crippen LogP contribution in [0.1, 0.15) is 11.6 Å². The molecule has 0 radical (unpaired) electrons. The third-order valence-corrected chi connectivity index (χ3v) is 2.77. The van der Waals surface area contributed by atoms with Gasteiger partial charge >= 0.3 is 12.1 Å². The summed E-state index contributed by atoms with van der Waals surface area (Å²) in [6.45, 7) is 0. The highest BCUT2D eigenvalue weighted by molar-refractivity contribution is 9.10. The largest absolute Gasteiger partial charge is 0.455 e. The second kappa shape index (κ2) is 5.66. The Morgan fingerprint density at radius 3 is 2.00 bits per heavy atom. The third kappa shape index (κ3) is 3.10. The van der Waals surface area contributed by atoms with Gasteiger partial charge in [-0.05, 0) is 12.1 Å². The molecule has 1 aromatic rings. The minimum atomic E-state index is -5.84. The molecular weight excluding hydrogens is 351 g/mol. The number of alkyl halides is 5. The number of benzene rings is 1. The lowest BCUT2D eigenvalue weighted by atomic mass is 10.0. The maximum atomic E-state index is 13.2. The Bertz CT molecular complexity index is 402. The Morgan fingerprint density at radius 2 is 1.61 bits per heavy atom. The molecule has 1 rings (SSSR count). The van der Waals surface area contributed by atoms with E-state index in [9.17, 15) is 26.3 Å². The zero-order chi connectivity index (χ0) is 13.4. The summed E-state index contributed by atoms with van der Waals surface area (Å²) in [6, 6.07) is 0.233. The molecule has 0 bridgehead atoms. The van der Waals surface area contributed by atoms with Crippen LogP contribution in [0.4, 0.5) is 26.3 Å². The Balaban J connectivity index is 0.00000289. The van der Waals surface area contributed by atoms with Crippen LogP contribution in [0.15, 0.2) is 22.7 Å². The lowest BCUT2D eigenvalue weighted by Gasteiger charge is -2.26. The van der Waals surface area contributed by atoms with E-state index in [1.807, 2.05) is 0 Å². The molecule has 1 atom stereocenters. The Hall–Kier alpha value is -0.470. The highest BCUT2D eigenvalue weighted by Crippen LogP contribution is 2.45. The molecule has 0 aliphatic rings. The lowest BCUT2D eigenvalue weighted by molar-refractivity contribution is -0.291. The standard InChI is InChI=1S/C9H6BrF6N.ClH/c10-4-2-1-3-5(11)6(4)7(17)8(12,13)9(14,15)16;/h1-3,7H,17H2;1H/t7-;/m0./s1. The number of hydrogen-bond acceptors (Lipinski definition) is 1. The van der Waals surface area contributed by atoms with Crippen LogP contribution in [0.25, 0.3) is 0 Å². The van der Waals surface area contributed by atoms with Crippen LogP contribution < -0.4 is 5.73 Å². The van der Waals surface area contributed by atoms with Crippen molar-refractivity contribution in [3.8, 4) is 0 Å². The quantitative estimate of drug-likeness (QED) is 0.788. The van der Waals surface area contributed by atoms with E-state index in [0.29, 0.717) is 0 Å². The predicted molar refractivity (Wildman–Crippen MR) is 59.3 cm³/mol. The average molecular weight is 359 g/mol. The molecule has 1 aromatic carbocycles. The van der Waals surface area contributed by atoms with Crippen molar-refractivity contribution in [1.29, 1.82) is 0 Å². The van der Waals surface area contributed by atoms with Crippen LogP contribution in [0, 0.1) is 5.82 Å². The van der Waals surface area contributed by atoms with Gasteiger partial charge in [0.1, 0.15) is 11.9 Å². The van der Waals surface area contributed by atoms with Crippen molar-refractivity contribution in [2.24, 2.45) is 5.73 Å². The molecule has 0 fully saturated rings. The third-order valence-electron chi connectivity index (χ3n) is 2.08. The zero-order valence-corrected chi connectivity index (χ0v) is 10.8. The van der Waals surface area contributed by atoms with E-state index < -0.39 is 29.5 Å². The second-order valence-corrected chi connectivity index (χ2v) is 4.09. The Morgan fingerprint density at radius 1 is 1.11 bits per heavy atom. The van der Waals surface area contributed by atoms with E-state index in [1.54, 1.807) is 0 Å². The summed E-state index contributed by atoms with van der Waals surface area (Å²) in [7, 11) is 0. The summed E-state index contributed by atoms with van der Waals surface area (Å²) in [5, 5.41) is 0. The first-order valence-corrected chi connectivity index (χ1v) is 5.02. The van der Waals surface area contributed by atoms with Crippen LogP contribution >= 0.6 is 28.3 Å². The summed E-state index contributed by atoms with van der Waals surface area (Å²) in [5.74, 6) is -6.44. The highest BCUT2D eigenvalue weighted by atomic mass is 79.9. The van der Waals surface area contributed by atoms with Gasteiger partial charge in [0.25, 0.3) is 0 Å². The maximum absolute atomic E-state index is 13.2. The van der Waals surface area contributed by atoms with E-state index in [2.05, 4.69) is 15.9 Å². The summed E-state index contributed by atoms with van der Waals surface area (Å²) >= 11 is 2.69. The fourth-order valence-corrected chi connectivity index (χ4v) is 1.75. The van der Waals surface area contributed by atoms with Gasteiger partial charge in [0.2, 0.25) is 0 Å². The molecule has 2 N–H and O–H groups in total. The second-order valence-electron chi connectivity index (χ2n) is 3.23. The van der Waals surface area contributed by atoms with Crippen LogP contribution in [0.5, 0.6) is 0 Å². The first kappa shape index (κ1) is 17.5. The van der Waals surface area contributed by atoms with E-state index in [4.69, 9.17) is 5.73 Å². The topological polar surface area (TPSA) is 26.0 Å². The van der Waals surface area contributed by atoms with Crippen molar-refractivity contribution < 1.29 is 26.3 Å². The van der Waals surface area contributed by atoms with Gasteiger partial charge in [0.05, 0.1) is 0 Å². The van der Waals surface area contributed by atoms with Crippen molar-refractivity contribution in [3.05, 3.63) is 34.1 Å². The molecular formula is C9H7BrClF6N. The normalized spacial score (nSPS) is 14.0. The fraction of sp³-hybridized carbons (Fsp3) is 0.333. The molecule has 0 aromatic heterocycles. The number of nitrogens with two attached hydrogens (primary N) is 1. The van der Waals surface area contributed by atoms with Gasteiger partial charge in [-0.25, -0.2) is 4.39 Å². The van der Waals surface area contributed by atoms with Crippen molar-refractivity contribution in [2.75, 3.05) is 0 Å². The molecule has 0 unspecified atom stereocenters. The Labute approximate surface area is 113 Å². The van der Waals surface area contributed by atoms with E-state index in [-0.39, 0.29) is 16.9 Å². The highest BCUT2D eigenvalue weighted by Gasteiger charge is 2.62. The Kier molecular flexibility index (Phi) is 5.52. The molecule has 18 heavy (non-hydrogen) atoms. The zero-order valence-electron chi connectivity index (χ0n) is 8.44. The molecule has 0 spiro atoms.